The van der Waals surface area contributed by atoms with Crippen molar-refractivity contribution in [2.24, 2.45) is 11.3 Å². The minimum atomic E-state index is -1.12. The van der Waals surface area contributed by atoms with Crippen molar-refractivity contribution in [3.05, 3.63) is 0 Å². The van der Waals surface area contributed by atoms with Crippen LogP contribution in [0, 0.1) is 11.3 Å². The van der Waals surface area contributed by atoms with Gasteiger partial charge in [0, 0.05) is 6.61 Å². The molecule has 0 radical (unpaired) electrons. The molecule has 0 bridgehead atoms. The van der Waals surface area contributed by atoms with Crippen molar-refractivity contribution in [2.75, 3.05) is 19.8 Å². The van der Waals surface area contributed by atoms with E-state index in [-0.39, 0.29) is 19.0 Å². The molecule has 0 unspecified atom stereocenters. The number of esters is 1. The van der Waals surface area contributed by atoms with E-state index < -0.39 is 11.4 Å². The Bertz CT molecular complexity index is 267. The molecule has 0 fully saturated rings. The number of ether oxygens (including phenoxy) is 2. The van der Waals surface area contributed by atoms with E-state index >= 15 is 0 Å². The van der Waals surface area contributed by atoms with Gasteiger partial charge in [-0.2, -0.15) is 0 Å². The molecule has 0 heterocycles. The van der Waals surface area contributed by atoms with Gasteiger partial charge in [0.15, 0.2) is 5.78 Å². The van der Waals surface area contributed by atoms with Crippen LogP contribution in [0.1, 0.15) is 47.5 Å². The molecule has 0 aliphatic carbocycles. The molecule has 4 heteroatoms. The molecule has 0 aliphatic rings. The minimum absolute atomic E-state index is 0.0255. The van der Waals surface area contributed by atoms with Gasteiger partial charge in [0.05, 0.1) is 6.61 Å². The number of carbonyl (C=O) groups excluding carboxylic acids is 2. The molecule has 0 saturated carbocycles. The summed E-state index contributed by atoms with van der Waals surface area (Å²) in [5.41, 5.74) is -1.12. The summed E-state index contributed by atoms with van der Waals surface area (Å²) in [6.45, 7) is 9.90. The lowest BCUT2D eigenvalue weighted by Crippen LogP contribution is -2.37. The third-order valence-corrected chi connectivity index (χ3v) is 3.22. The second-order valence-corrected chi connectivity index (χ2v) is 4.97. The van der Waals surface area contributed by atoms with Crippen molar-refractivity contribution < 1.29 is 19.1 Å². The summed E-state index contributed by atoms with van der Waals surface area (Å²) in [6.07, 6.45) is 2.07. The first-order valence-corrected chi connectivity index (χ1v) is 6.68. The zero-order valence-corrected chi connectivity index (χ0v) is 12.2. The van der Waals surface area contributed by atoms with E-state index in [9.17, 15) is 9.59 Å². The summed E-state index contributed by atoms with van der Waals surface area (Å²) < 4.78 is 10.3. The van der Waals surface area contributed by atoms with E-state index in [1.54, 1.807) is 20.8 Å². The predicted molar refractivity (Wildman–Crippen MR) is 70.3 cm³/mol. The number of hydrogen-bond acceptors (Lipinski definition) is 4. The number of rotatable bonds is 9. The van der Waals surface area contributed by atoms with Gasteiger partial charge in [0.2, 0.25) is 0 Å². The van der Waals surface area contributed by atoms with Gasteiger partial charge in [-0.3, -0.25) is 9.59 Å². The molecule has 0 aromatic carbocycles. The largest absolute Gasteiger partial charge is 0.465 e. The maximum atomic E-state index is 11.9. The van der Waals surface area contributed by atoms with Gasteiger partial charge in [-0.05, 0) is 26.7 Å². The first kappa shape index (κ1) is 17.1. The Morgan fingerprint density at radius 1 is 1.11 bits per heavy atom. The predicted octanol–water partition coefficient (Wildman–Crippen LogP) is 2.60. The highest BCUT2D eigenvalue weighted by Crippen LogP contribution is 2.19. The third kappa shape index (κ3) is 5.17. The molecule has 0 aromatic heterocycles. The minimum Gasteiger partial charge on any atom is -0.465 e. The van der Waals surface area contributed by atoms with E-state index in [0.29, 0.717) is 12.5 Å². The van der Waals surface area contributed by atoms with E-state index in [2.05, 4.69) is 13.8 Å². The first-order valence-electron chi connectivity index (χ1n) is 6.68. The fourth-order valence-electron chi connectivity index (χ4n) is 1.45. The molecule has 0 saturated heterocycles. The van der Waals surface area contributed by atoms with Crippen molar-refractivity contribution in [3.8, 4) is 0 Å². The quantitative estimate of drug-likeness (QED) is 0.471. The Hall–Kier alpha value is -0.900. The summed E-state index contributed by atoms with van der Waals surface area (Å²) in [4.78, 5) is 23.5. The normalized spacial score (nSPS) is 11.7. The second kappa shape index (κ2) is 8.25. The topological polar surface area (TPSA) is 52.6 Å². The molecular formula is C14H26O4. The number of hydrogen-bond donors (Lipinski definition) is 0. The molecule has 0 aliphatic heterocycles. The van der Waals surface area contributed by atoms with Gasteiger partial charge in [0.25, 0.3) is 0 Å². The van der Waals surface area contributed by atoms with Gasteiger partial charge in [-0.15, -0.1) is 0 Å². The number of ketones is 1. The van der Waals surface area contributed by atoms with E-state index in [4.69, 9.17) is 9.47 Å². The molecule has 0 amide bonds. The maximum absolute atomic E-state index is 11.9. The molecular weight excluding hydrogens is 232 g/mol. The zero-order chi connectivity index (χ0) is 14.2. The van der Waals surface area contributed by atoms with Crippen molar-refractivity contribution in [3.63, 3.8) is 0 Å². The Balaban J connectivity index is 4.19. The highest BCUT2D eigenvalue weighted by Gasteiger charge is 2.37. The highest BCUT2D eigenvalue weighted by atomic mass is 16.5. The Morgan fingerprint density at radius 2 is 1.67 bits per heavy atom. The van der Waals surface area contributed by atoms with Crippen LogP contribution in [0.25, 0.3) is 0 Å². The molecule has 0 spiro atoms. The third-order valence-electron chi connectivity index (χ3n) is 3.22. The fraction of sp³-hybridized carbons (Fsp3) is 0.857. The van der Waals surface area contributed by atoms with Crippen LogP contribution < -0.4 is 0 Å². The van der Waals surface area contributed by atoms with Gasteiger partial charge >= 0.3 is 5.97 Å². The summed E-state index contributed by atoms with van der Waals surface area (Å²) in [7, 11) is 0. The van der Waals surface area contributed by atoms with Crippen LogP contribution in [0.2, 0.25) is 0 Å². The van der Waals surface area contributed by atoms with Gasteiger partial charge in [0.1, 0.15) is 12.0 Å². The van der Waals surface area contributed by atoms with Gasteiger partial charge in [-0.25, -0.2) is 0 Å². The lowest BCUT2D eigenvalue weighted by molar-refractivity contribution is -0.159. The molecule has 0 aromatic rings. The molecule has 106 valence electrons. The van der Waals surface area contributed by atoms with Crippen molar-refractivity contribution >= 4 is 11.8 Å². The van der Waals surface area contributed by atoms with Crippen LogP contribution in [0.15, 0.2) is 0 Å². The fourth-order valence-corrected chi connectivity index (χ4v) is 1.45. The van der Waals surface area contributed by atoms with Crippen LogP contribution in [-0.2, 0) is 19.1 Å². The summed E-state index contributed by atoms with van der Waals surface area (Å²) >= 11 is 0. The van der Waals surface area contributed by atoms with Crippen LogP contribution in [0.4, 0.5) is 0 Å². The van der Waals surface area contributed by atoms with Crippen molar-refractivity contribution in [1.82, 2.24) is 0 Å². The van der Waals surface area contributed by atoms with Gasteiger partial charge < -0.3 is 9.47 Å². The Labute approximate surface area is 110 Å². The lowest BCUT2D eigenvalue weighted by atomic mass is 9.88. The van der Waals surface area contributed by atoms with Crippen molar-refractivity contribution in [2.45, 2.75) is 47.5 Å². The number of carbonyl (C=O) groups is 2. The van der Waals surface area contributed by atoms with E-state index in [0.717, 1.165) is 12.8 Å². The van der Waals surface area contributed by atoms with Crippen molar-refractivity contribution in [1.29, 1.82) is 0 Å². The first-order chi connectivity index (χ1) is 8.39. The smallest absolute Gasteiger partial charge is 0.319 e. The Morgan fingerprint density at radius 3 is 2.11 bits per heavy atom. The SMILES string of the molecule is CCOC(=O)C(C)(C)C(=O)COCC(CC)CC. The lowest BCUT2D eigenvalue weighted by Gasteiger charge is -2.21. The monoisotopic (exact) mass is 258 g/mol. The number of Topliss-reactive ketones (excluding diaryl/α,β-unsaturated/α-hetero) is 1. The van der Waals surface area contributed by atoms with Crippen LogP contribution in [-0.4, -0.2) is 31.6 Å². The van der Waals surface area contributed by atoms with Crippen LogP contribution in [0.5, 0.6) is 0 Å². The Kier molecular flexibility index (Phi) is 7.83. The standard InChI is InChI=1S/C14H26O4/c1-6-11(7-2)9-17-10-12(15)14(4,5)13(16)18-8-3/h11H,6-10H2,1-5H3. The molecule has 0 rings (SSSR count). The highest BCUT2D eigenvalue weighted by molar-refractivity contribution is 6.03. The average molecular weight is 258 g/mol. The second-order valence-electron chi connectivity index (χ2n) is 4.97. The molecule has 18 heavy (non-hydrogen) atoms. The zero-order valence-electron chi connectivity index (χ0n) is 12.2. The average Bonchev–Trinajstić information content (AvgIpc) is 2.34. The summed E-state index contributed by atoms with van der Waals surface area (Å²) in [6, 6.07) is 0. The molecule has 0 N–H and O–H groups in total. The van der Waals surface area contributed by atoms with E-state index in [1.165, 1.54) is 0 Å². The van der Waals surface area contributed by atoms with Crippen LogP contribution in [0.3, 0.4) is 0 Å². The summed E-state index contributed by atoms with van der Waals surface area (Å²) in [5.74, 6) is -0.239. The molecule has 0 atom stereocenters. The maximum Gasteiger partial charge on any atom is 0.319 e. The van der Waals surface area contributed by atoms with Gasteiger partial charge in [-0.1, -0.05) is 26.7 Å². The van der Waals surface area contributed by atoms with Crippen LogP contribution >= 0.6 is 0 Å². The molecule has 4 nitrogen and oxygen atoms in total. The summed E-state index contributed by atoms with van der Waals surface area (Å²) in [5, 5.41) is 0. The van der Waals surface area contributed by atoms with E-state index in [1.807, 2.05) is 0 Å².